The fourth-order valence-electron chi connectivity index (χ4n) is 2.88. The SMILES string of the molecule is Cc1ncsc1CN1C[C@@H](F)C[C@H]1CN(C)C(=O)c1cscn1. The molecule has 2 aromatic heterocycles. The fourth-order valence-corrected chi connectivity index (χ4v) is 4.21. The van der Waals surface area contributed by atoms with Gasteiger partial charge in [-0.25, -0.2) is 14.4 Å². The molecule has 0 unspecified atom stereocenters. The van der Waals surface area contributed by atoms with E-state index in [2.05, 4.69) is 14.9 Å². The highest BCUT2D eigenvalue weighted by Gasteiger charge is 2.34. The lowest BCUT2D eigenvalue weighted by molar-refractivity contribution is 0.0745. The number of aryl methyl sites for hydroxylation is 1. The summed E-state index contributed by atoms with van der Waals surface area (Å²) in [7, 11) is 1.75. The molecule has 0 radical (unpaired) electrons. The Morgan fingerprint density at radius 1 is 1.48 bits per heavy atom. The number of hydrogen-bond donors (Lipinski definition) is 0. The average Bonchev–Trinajstić information content (AvgIpc) is 3.23. The molecule has 0 N–H and O–H groups in total. The van der Waals surface area contributed by atoms with E-state index in [-0.39, 0.29) is 11.9 Å². The Balaban J connectivity index is 1.65. The number of alkyl halides is 1. The molecule has 0 aromatic carbocycles. The number of carbonyl (C=O) groups is 1. The smallest absolute Gasteiger partial charge is 0.273 e. The Morgan fingerprint density at radius 2 is 2.30 bits per heavy atom. The summed E-state index contributed by atoms with van der Waals surface area (Å²) >= 11 is 3.00. The molecule has 1 saturated heterocycles. The summed E-state index contributed by atoms with van der Waals surface area (Å²) in [4.78, 5) is 25.5. The number of carbonyl (C=O) groups excluding carboxylic acids is 1. The summed E-state index contributed by atoms with van der Waals surface area (Å²) in [5.41, 5.74) is 4.92. The van der Waals surface area contributed by atoms with Gasteiger partial charge in [0.05, 0.1) is 16.7 Å². The largest absolute Gasteiger partial charge is 0.339 e. The van der Waals surface area contributed by atoms with E-state index in [1.165, 1.54) is 11.3 Å². The second-order valence-corrected chi connectivity index (χ2v) is 7.49. The molecule has 23 heavy (non-hydrogen) atoms. The molecule has 3 heterocycles. The van der Waals surface area contributed by atoms with Gasteiger partial charge >= 0.3 is 0 Å². The molecule has 0 spiro atoms. The van der Waals surface area contributed by atoms with Crippen LogP contribution in [0.5, 0.6) is 0 Å². The van der Waals surface area contributed by atoms with Gasteiger partial charge in [0.2, 0.25) is 0 Å². The van der Waals surface area contributed by atoms with Gasteiger partial charge in [0, 0.05) is 43.0 Å². The van der Waals surface area contributed by atoms with Crippen LogP contribution in [0.4, 0.5) is 4.39 Å². The summed E-state index contributed by atoms with van der Waals surface area (Å²) < 4.78 is 13.9. The Hall–Kier alpha value is -1.38. The number of aromatic nitrogens is 2. The lowest BCUT2D eigenvalue weighted by Gasteiger charge is -2.27. The highest BCUT2D eigenvalue weighted by molar-refractivity contribution is 7.09. The van der Waals surface area contributed by atoms with Gasteiger partial charge in [-0.1, -0.05) is 0 Å². The molecule has 2 atom stereocenters. The van der Waals surface area contributed by atoms with Crippen LogP contribution in [0, 0.1) is 6.92 Å². The number of likely N-dealkylation sites (N-methyl/N-ethyl adjacent to an activating group) is 1. The Bertz CT molecular complexity index is 660. The van der Waals surface area contributed by atoms with Crippen LogP contribution in [0.25, 0.3) is 0 Å². The second kappa shape index (κ2) is 7.02. The predicted molar refractivity (Wildman–Crippen MR) is 89.6 cm³/mol. The first kappa shape index (κ1) is 16.5. The van der Waals surface area contributed by atoms with Crippen molar-refractivity contribution in [2.75, 3.05) is 20.1 Å². The molecule has 0 saturated carbocycles. The number of likely N-dealkylation sites (tertiary alicyclic amines) is 1. The van der Waals surface area contributed by atoms with Crippen LogP contribution < -0.4 is 0 Å². The number of rotatable bonds is 5. The summed E-state index contributed by atoms with van der Waals surface area (Å²) in [5.74, 6) is -0.109. The Kier molecular flexibility index (Phi) is 5.03. The van der Waals surface area contributed by atoms with Gasteiger partial charge in [-0.05, 0) is 13.3 Å². The van der Waals surface area contributed by atoms with Crippen molar-refractivity contribution in [3.8, 4) is 0 Å². The van der Waals surface area contributed by atoms with Crippen LogP contribution in [0.3, 0.4) is 0 Å². The monoisotopic (exact) mass is 354 g/mol. The van der Waals surface area contributed by atoms with Gasteiger partial charge < -0.3 is 4.90 Å². The minimum atomic E-state index is -0.837. The third-order valence-electron chi connectivity index (χ3n) is 4.15. The number of amides is 1. The molecule has 5 nitrogen and oxygen atoms in total. The van der Waals surface area contributed by atoms with Crippen molar-refractivity contribution >= 4 is 28.6 Å². The van der Waals surface area contributed by atoms with Gasteiger partial charge in [0.25, 0.3) is 5.91 Å². The standard InChI is InChI=1S/C15H19FN4OS2/c1-10-14(23-9-17-10)6-20-4-11(16)3-12(20)5-19(2)15(21)13-7-22-8-18-13/h7-9,11-12H,3-6H2,1-2H3/t11-,12-/m0/s1. The summed E-state index contributed by atoms with van der Waals surface area (Å²) in [6, 6.07) is 0.0269. The molecule has 8 heteroatoms. The second-order valence-electron chi connectivity index (χ2n) is 5.84. The first-order chi connectivity index (χ1) is 11.0. The van der Waals surface area contributed by atoms with Gasteiger partial charge in [0.1, 0.15) is 11.9 Å². The molecular formula is C15H19FN4OS2. The zero-order valence-electron chi connectivity index (χ0n) is 13.1. The third kappa shape index (κ3) is 3.76. The average molecular weight is 354 g/mol. The van der Waals surface area contributed by atoms with Crippen LogP contribution in [-0.2, 0) is 6.54 Å². The van der Waals surface area contributed by atoms with Gasteiger partial charge in [0.15, 0.2) is 0 Å². The summed E-state index contributed by atoms with van der Waals surface area (Å²) in [6.45, 7) is 3.59. The number of hydrogen-bond acceptors (Lipinski definition) is 6. The lowest BCUT2D eigenvalue weighted by Crippen LogP contribution is -2.41. The van der Waals surface area contributed by atoms with Crippen LogP contribution in [0.1, 0.15) is 27.5 Å². The lowest BCUT2D eigenvalue weighted by atomic mass is 10.2. The van der Waals surface area contributed by atoms with Crippen LogP contribution >= 0.6 is 22.7 Å². The summed E-state index contributed by atoms with van der Waals surface area (Å²) in [5, 5.41) is 1.74. The summed E-state index contributed by atoms with van der Waals surface area (Å²) in [6.07, 6.45) is -0.372. The maximum atomic E-state index is 13.9. The Morgan fingerprint density at radius 3 is 2.96 bits per heavy atom. The van der Waals surface area contributed by atoms with Gasteiger partial charge in [-0.15, -0.1) is 22.7 Å². The maximum absolute atomic E-state index is 13.9. The highest BCUT2D eigenvalue weighted by Crippen LogP contribution is 2.26. The molecule has 0 aliphatic carbocycles. The molecular weight excluding hydrogens is 335 g/mol. The molecule has 0 bridgehead atoms. The third-order valence-corrected chi connectivity index (χ3v) is 5.66. The highest BCUT2D eigenvalue weighted by atomic mass is 32.1. The van der Waals surface area contributed by atoms with Crippen LogP contribution in [-0.4, -0.2) is 58.0 Å². The van der Waals surface area contributed by atoms with E-state index in [4.69, 9.17) is 0 Å². The fraction of sp³-hybridized carbons (Fsp3) is 0.533. The van der Waals surface area contributed by atoms with Crippen molar-refractivity contribution in [3.05, 3.63) is 32.7 Å². The molecule has 2 aromatic rings. The normalized spacial score (nSPS) is 21.7. The predicted octanol–water partition coefficient (Wildman–Crippen LogP) is 2.59. The van der Waals surface area contributed by atoms with Crippen LogP contribution in [0.15, 0.2) is 16.4 Å². The molecule has 1 aliphatic rings. The zero-order valence-corrected chi connectivity index (χ0v) is 14.7. The van der Waals surface area contributed by atoms with E-state index in [0.29, 0.717) is 31.7 Å². The number of nitrogens with zero attached hydrogens (tertiary/aromatic N) is 4. The van der Waals surface area contributed by atoms with Crippen LogP contribution in [0.2, 0.25) is 0 Å². The maximum Gasteiger partial charge on any atom is 0.273 e. The quantitative estimate of drug-likeness (QED) is 0.828. The molecule has 1 amide bonds. The van der Waals surface area contributed by atoms with Gasteiger partial charge in [-0.3, -0.25) is 9.69 Å². The first-order valence-electron chi connectivity index (χ1n) is 7.45. The van der Waals surface area contributed by atoms with E-state index in [0.717, 1.165) is 10.6 Å². The van der Waals surface area contributed by atoms with E-state index in [1.807, 2.05) is 12.4 Å². The van der Waals surface area contributed by atoms with Crippen molar-refractivity contribution in [2.24, 2.45) is 0 Å². The molecule has 1 fully saturated rings. The Labute approximate surface area is 142 Å². The first-order valence-corrected chi connectivity index (χ1v) is 9.27. The van der Waals surface area contributed by atoms with Crippen molar-refractivity contribution in [1.82, 2.24) is 19.8 Å². The minimum Gasteiger partial charge on any atom is -0.339 e. The topological polar surface area (TPSA) is 49.3 Å². The van der Waals surface area contributed by atoms with Crippen molar-refractivity contribution in [3.63, 3.8) is 0 Å². The van der Waals surface area contributed by atoms with E-state index in [9.17, 15) is 9.18 Å². The van der Waals surface area contributed by atoms with Crippen molar-refractivity contribution in [1.29, 1.82) is 0 Å². The molecule has 124 valence electrons. The molecule has 3 rings (SSSR count). The van der Waals surface area contributed by atoms with Gasteiger partial charge in [-0.2, -0.15) is 0 Å². The van der Waals surface area contributed by atoms with E-state index >= 15 is 0 Å². The minimum absolute atomic E-state index is 0.0269. The van der Waals surface area contributed by atoms with E-state index < -0.39 is 6.17 Å². The van der Waals surface area contributed by atoms with Crippen molar-refractivity contribution < 1.29 is 9.18 Å². The molecule has 1 aliphatic heterocycles. The van der Waals surface area contributed by atoms with E-state index in [1.54, 1.807) is 34.2 Å². The van der Waals surface area contributed by atoms with Crippen molar-refractivity contribution in [2.45, 2.75) is 32.1 Å². The number of thiazole rings is 2. The number of halogens is 1. The zero-order chi connectivity index (χ0) is 16.4.